The molecule has 0 heterocycles. The van der Waals surface area contributed by atoms with Gasteiger partial charge in [0.2, 0.25) is 0 Å². The molecule has 0 rings (SSSR count). The number of rotatable bonds is 1. The molecule has 0 saturated carbocycles. The number of nitrogens with zero attached hydrogens (tertiary/aromatic N) is 1. The van der Waals surface area contributed by atoms with Crippen LogP contribution in [0.5, 0.6) is 0 Å². The van der Waals surface area contributed by atoms with Crippen LogP contribution in [-0.2, 0) is 0 Å². The van der Waals surface area contributed by atoms with Crippen LogP contribution in [0.15, 0.2) is 6.08 Å². The Morgan fingerprint density at radius 2 is 2.60 bits per heavy atom. The van der Waals surface area contributed by atoms with Crippen LogP contribution in [0.2, 0.25) is 0 Å². The molecule has 0 atom stereocenters. The second kappa shape index (κ2) is 3.45. The second-order valence-electron chi connectivity index (χ2n) is 0.741. The van der Waals surface area contributed by atoms with Gasteiger partial charge in [0.15, 0.2) is 0 Å². The second-order valence-corrected chi connectivity index (χ2v) is 0.741. The zero-order valence-electron chi connectivity index (χ0n) is 3.23. The molecular weight excluding hydrogens is 62.1 g/mol. The molecule has 0 aromatic carbocycles. The van der Waals surface area contributed by atoms with Gasteiger partial charge in [-0.25, -0.2) is 0 Å². The van der Waals surface area contributed by atoms with Gasteiger partial charge in [-0.1, -0.05) is 13.0 Å². The molecule has 0 aliphatic rings. The fourth-order valence-corrected chi connectivity index (χ4v) is 0.0913. The molecule has 0 saturated heterocycles. The first-order valence-electron chi connectivity index (χ1n) is 1.63. The van der Waals surface area contributed by atoms with Crippen molar-refractivity contribution in [2.24, 2.45) is 0 Å². The van der Waals surface area contributed by atoms with E-state index in [1.54, 1.807) is 6.08 Å². The molecule has 0 aliphatic carbocycles. The highest BCUT2D eigenvalue weighted by Crippen LogP contribution is 1.66. The maximum atomic E-state index is 7.76. The third-order valence-corrected chi connectivity index (χ3v) is 0.295. The van der Waals surface area contributed by atoms with Crippen molar-refractivity contribution in [3.8, 4) is 0 Å². The number of hydrogen-bond acceptors (Lipinski definition) is 0. The third-order valence-electron chi connectivity index (χ3n) is 0.295. The van der Waals surface area contributed by atoms with Crippen LogP contribution in [0.4, 0.5) is 0 Å². The molecule has 5 heavy (non-hydrogen) atoms. The molecule has 28 valence electrons. The maximum Gasteiger partial charge on any atom is -0.0321 e. The van der Waals surface area contributed by atoms with Crippen LogP contribution in [0, 0.1) is 0 Å². The fraction of sp³-hybridized carbons (Fsp3) is 0.500. The Bertz CT molecular complexity index is 50.7. The molecule has 0 aromatic rings. The van der Waals surface area contributed by atoms with Crippen LogP contribution in [0.3, 0.4) is 0 Å². The quantitative estimate of drug-likeness (QED) is 0.412. The Labute approximate surface area is 31.8 Å². The highest BCUT2D eigenvalue weighted by Gasteiger charge is 1.46. The van der Waals surface area contributed by atoms with Gasteiger partial charge in [-0.05, 0) is 6.42 Å². The average Bonchev–Trinajstić information content (AvgIpc) is 1.41. The molecule has 0 amide bonds. The summed E-state index contributed by atoms with van der Waals surface area (Å²) < 4.78 is 0. The molecule has 1 heteroatoms. The Morgan fingerprint density at radius 3 is 2.60 bits per heavy atom. The SMILES string of the molecule is CCC=C=[N-]. The van der Waals surface area contributed by atoms with E-state index in [1.807, 2.05) is 12.8 Å². The Kier molecular flexibility index (Phi) is 3.07. The third kappa shape index (κ3) is 3.45. The van der Waals surface area contributed by atoms with Gasteiger partial charge >= 0.3 is 0 Å². The highest BCUT2D eigenvalue weighted by atomic mass is 14.3. The van der Waals surface area contributed by atoms with Crippen molar-refractivity contribution in [1.29, 1.82) is 0 Å². The smallest absolute Gasteiger partial charge is 0.0321 e. The van der Waals surface area contributed by atoms with Crippen molar-refractivity contribution in [3.63, 3.8) is 0 Å². The minimum absolute atomic E-state index is 0.858. The van der Waals surface area contributed by atoms with Crippen LogP contribution in [0.1, 0.15) is 13.3 Å². The summed E-state index contributed by atoms with van der Waals surface area (Å²) in [6.07, 6.45) is 2.41. The molecule has 1 nitrogen and oxygen atoms in total. The molecule has 0 radical (unpaired) electrons. The largest absolute Gasteiger partial charge is 0.764 e. The number of allylic oxidation sites excluding steroid dienone is 1. The lowest BCUT2D eigenvalue weighted by atomic mass is 10.5. The molecule has 0 bridgehead atoms. The molecule has 0 fully saturated rings. The maximum absolute atomic E-state index is 7.76. The van der Waals surface area contributed by atoms with E-state index in [-0.39, 0.29) is 0 Å². The normalized spacial score (nSPS) is 5.80. The summed E-state index contributed by atoms with van der Waals surface area (Å²) in [4.78, 5) is 0. The zero-order chi connectivity index (χ0) is 4.12. The van der Waals surface area contributed by atoms with E-state index < -0.39 is 0 Å². The minimum atomic E-state index is 0.858. The van der Waals surface area contributed by atoms with Crippen molar-refractivity contribution < 1.29 is 0 Å². The van der Waals surface area contributed by atoms with Gasteiger partial charge in [0.25, 0.3) is 0 Å². The summed E-state index contributed by atoms with van der Waals surface area (Å²) in [7, 11) is 0. The Morgan fingerprint density at radius 1 is 2.00 bits per heavy atom. The van der Waals surface area contributed by atoms with E-state index in [4.69, 9.17) is 5.41 Å². The first-order valence-corrected chi connectivity index (χ1v) is 1.63. The Hall–Kier alpha value is -0.550. The van der Waals surface area contributed by atoms with E-state index in [0.29, 0.717) is 0 Å². The zero-order valence-corrected chi connectivity index (χ0v) is 3.23. The predicted octanol–water partition coefficient (Wildman–Crippen LogP) is 1.19. The molecule has 0 aliphatic heterocycles. The van der Waals surface area contributed by atoms with E-state index in [1.165, 1.54) is 0 Å². The lowest BCUT2D eigenvalue weighted by Crippen LogP contribution is -1.45. The van der Waals surface area contributed by atoms with Crippen LogP contribution < -0.4 is 0 Å². The van der Waals surface area contributed by atoms with E-state index in [2.05, 4.69) is 0 Å². The first-order chi connectivity index (χ1) is 2.41. The molecule has 0 spiro atoms. The van der Waals surface area contributed by atoms with E-state index in [9.17, 15) is 0 Å². The van der Waals surface area contributed by atoms with Crippen LogP contribution >= 0.6 is 0 Å². The van der Waals surface area contributed by atoms with Gasteiger partial charge in [-0.3, -0.25) is 5.87 Å². The van der Waals surface area contributed by atoms with Gasteiger partial charge < -0.3 is 5.41 Å². The first kappa shape index (κ1) is 4.45. The van der Waals surface area contributed by atoms with Crippen molar-refractivity contribution in [1.82, 2.24) is 0 Å². The lowest BCUT2D eigenvalue weighted by Gasteiger charge is -1.66. The van der Waals surface area contributed by atoms with Crippen LogP contribution in [-0.4, -0.2) is 5.87 Å². The topological polar surface area (TPSA) is 22.3 Å². The molecule has 0 aromatic heterocycles. The summed E-state index contributed by atoms with van der Waals surface area (Å²) >= 11 is 0. The summed E-state index contributed by atoms with van der Waals surface area (Å²) in [5.41, 5.74) is 0. The molecule has 0 unspecified atom stereocenters. The van der Waals surface area contributed by atoms with E-state index >= 15 is 0 Å². The fourth-order valence-electron chi connectivity index (χ4n) is 0.0913. The number of hydrogen-bond donors (Lipinski definition) is 0. The highest BCUT2D eigenvalue weighted by molar-refractivity contribution is 5.54. The van der Waals surface area contributed by atoms with Gasteiger partial charge in [-0.15, -0.1) is 0 Å². The van der Waals surface area contributed by atoms with E-state index in [0.717, 1.165) is 6.42 Å². The Balaban J connectivity index is 2.93. The molecular formula is C4H6N-. The monoisotopic (exact) mass is 68.1 g/mol. The molecule has 0 N–H and O–H groups in total. The van der Waals surface area contributed by atoms with Gasteiger partial charge in [0.05, 0.1) is 0 Å². The summed E-state index contributed by atoms with van der Waals surface area (Å²) in [6.45, 7) is 1.93. The van der Waals surface area contributed by atoms with Crippen molar-refractivity contribution >= 4 is 5.87 Å². The van der Waals surface area contributed by atoms with Crippen molar-refractivity contribution in [3.05, 3.63) is 11.5 Å². The standard InChI is InChI=1S/C4H6N/c1-2-3-4-5/h3H,2H2,1H3/q-1. The summed E-state index contributed by atoms with van der Waals surface area (Å²) in [5.74, 6) is 1.89. The van der Waals surface area contributed by atoms with Crippen LogP contribution in [0.25, 0.3) is 5.41 Å². The van der Waals surface area contributed by atoms with Crippen molar-refractivity contribution in [2.45, 2.75) is 13.3 Å². The minimum Gasteiger partial charge on any atom is -0.764 e. The van der Waals surface area contributed by atoms with Gasteiger partial charge in [0, 0.05) is 0 Å². The predicted molar refractivity (Wildman–Crippen MR) is 23.2 cm³/mol. The van der Waals surface area contributed by atoms with Crippen molar-refractivity contribution in [2.75, 3.05) is 0 Å². The summed E-state index contributed by atoms with van der Waals surface area (Å²) in [5, 5.41) is 7.76. The summed E-state index contributed by atoms with van der Waals surface area (Å²) in [6, 6.07) is 0. The lowest BCUT2D eigenvalue weighted by molar-refractivity contribution is 1.24. The van der Waals surface area contributed by atoms with Gasteiger partial charge in [0.1, 0.15) is 0 Å². The van der Waals surface area contributed by atoms with Gasteiger partial charge in [-0.2, -0.15) is 0 Å². The average molecular weight is 68.1 g/mol.